The zero-order valence-corrected chi connectivity index (χ0v) is 12.7. The van der Waals surface area contributed by atoms with E-state index >= 15 is 0 Å². The minimum absolute atomic E-state index is 0.333. The average molecular weight is 289 g/mol. The van der Waals surface area contributed by atoms with Gasteiger partial charge in [0.2, 0.25) is 0 Å². The lowest BCUT2D eigenvalue weighted by Crippen LogP contribution is -2.35. The molecular weight excluding hydrogens is 266 g/mol. The van der Waals surface area contributed by atoms with Gasteiger partial charge in [-0.1, -0.05) is 6.07 Å². The van der Waals surface area contributed by atoms with Gasteiger partial charge in [-0.25, -0.2) is 0 Å². The van der Waals surface area contributed by atoms with E-state index in [9.17, 15) is 9.90 Å². The molecule has 1 unspecified atom stereocenters. The van der Waals surface area contributed by atoms with Crippen molar-refractivity contribution in [3.8, 4) is 0 Å². The summed E-state index contributed by atoms with van der Waals surface area (Å²) in [5.41, 5.74) is 2.50. The Morgan fingerprint density at radius 2 is 2.10 bits per heavy atom. The number of nitrogens with one attached hydrogen (secondary N) is 1. The Balaban J connectivity index is 1.67. The quantitative estimate of drug-likeness (QED) is 0.884. The van der Waals surface area contributed by atoms with Gasteiger partial charge in [-0.3, -0.25) is 4.79 Å². The van der Waals surface area contributed by atoms with E-state index in [-0.39, 0.29) is 5.91 Å². The Labute approximate surface area is 125 Å². The molecular formula is C16H23N3O2. The molecule has 0 saturated carbocycles. The van der Waals surface area contributed by atoms with E-state index in [1.54, 1.807) is 0 Å². The van der Waals surface area contributed by atoms with E-state index < -0.39 is 6.10 Å². The van der Waals surface area contributed by atoms with Crippen molar-refractivity contribution in [3.63, 3.8) is 0 Å². The van der Waals surface area contributed by atoms with Gasteiger partial charge in [0.05, 0.1) is 0 Å². The number of carbonyl (C=O) groups is 1. The number of hydrogen-bond acceptors (Lipinski definition) is 4. The molecule has 2 aliphatic heterocycles. The molecule has 1 fully saturated rings. The Morgan fingerprint density at radius 3 is 2.81 bits per heavy atom. The second-order valence-electron chi connectivity index (χ2n) is 6.29. The van der Waals surface area contributed by atoms with Crippen LogP contribution in [-0.4, -0.2) is 49.6 Å². The number of anilines is 2. The second-order valence-corrected chi connectivity index (χ2v) is 6.29. The topological polar surface area (TPSA) is 55.8 Å². The predicted octanol–water partition coefficient (Wildman–Crippen LogP) is 1.45. The van der Waals surface area contributed by atoms with E-state index in [0.717, 1.165) is 23.8 Å². The number of likely N-dealkylation sites (tertiary alicyclic amines) is 1. The van der Waals surface area contributed by atoms with Crippen molar-refractivity contribution in [2.75, 3.05) is 43.9 Å². The number of carbonyl (C=O) groups excluding carboxylic acids is 1. The minimum atomic E-state index is -1.02. The van der Waals surface area contributed by atoms with Gasteiger partial charge in [0.25, 0.3) is 5.91 Å². The number of aliphatic hydroxyl groups is 1. The summed E-state index contributed by atoms with van der Waals surface area (Å²) in [6, 6.07) is 5.79. The Kier molecular flexibility index (Phi) is 3.87. The molecule has 0 radical (unpaired) electrons. The summed E-state index contributed by atoms with van der Waals surface area (Å²) in [5, 5.41) is 12.5. The number of nitrogens with zero attached hydrogens (tertiary/aromatic N) is 2. The van der Waals surface area contributed by atoms with E-state index in [1.807, 2.05) is 18.2 Å². The summed E-state index contributed by atoms with van der Waals surface area (Å²) in [4.78, 5) is 16.1. The Hall–Kier alpha value is -1.59. The van der Waals surface area contributed by atoms with Crippen molar-refractivity contribution in [2.45, 2.75) is 18.9 Å². The smallest absolute Gasteiger partial charge is 0.257 e. The lowest BCUT2D eigenvalue weighted by Gasteiger charge is -2.32. The lowest BCUT2D eigenvalue weighted by atomic mass is 9.96. The molecule has 1 saturated heterocycles. The monoisotopic (exact) mass is 289 g/mol. The van der Waals surface area contributed by atoms with Gasteiger partial charge in [-0.2, -0.15) is 0 Å². The van der Waals surface area contributed by atoms with Crippen LogP contribution in [0.1, 0.15) is 24.5 Å². The highest BCUT2D eigenvalue weighted by Crippen LogP contribution is 2.34. The van der Waals surface area contributed by atoms with Crippen LogP contribution in [0.2, 0.25) is 0 Å². The van der Waals surface area contributed by atoms with Crippen molar-refractivity contribution in [1.29, 1.82) is 0 Å². The Morgan fingerprint density at radius 1 is 1.38 bits per heavy atom. The number of rotatable bonds is 3. The zero-order valence-electron chi connectivity index (χ0n) is 12.7. The molecule has 1 amide bonds. The second kappa shape index (κ2) is 5.66. The summed E-state index contributed by atoms with van der Waals surface area (Å²) in [7, 11) is 4.27. The molecule has 2 aliphatic rings. The van der Waals surface area contributed by atoms with Crippen LogP contribution < -0.4 is 10.2 Å². The van der Waals surface area contributed by atoms with Crippen LogP contribution in [-0.2, 0) is 4.79 Å². The number of piperidine rings is 1. The first-order valence-electron chi connectivity index (χ1n) is 7.57. The van der Waals surface area contributed by atoms with E-state index in [1.165, 1.54) is 25.9 Å². The Bertz CT molecular complexity index is 538. The standard InChI is InChI=1S/C16H23N3O2/c1-18-7-5-11(6-8-18)10-19(2)12-3-4-13-14(9-12)17-16(21)15(13)20/h3-4,9,11,15,20H,5-8,10H2,1-2H3,(H,17,21). The molecule has 114 valence electrons. The van der Waals surface area contributed by atoms with Crippen LogP contribution in [0, 0.1) is 5.92 Å². The van der Waals surface area contributed by atoms with Crippen LogP contribution in [0.15, 0.2) is 18.2 Å². The molecule has 2 N–H and O–H groups in total. The summed E-state index contributed by atoms with van der Waals surface area (Å²) in [6.45, 7) is 3.37. The highest BCUT2D eigenvalue weighted by molar-refractivity contribution is 6.02. The van der Waals surface area contributed by atoms with Crippen LogP contribution in [0.4, 0.5) is 11.4 Å². The summed E-state index contributed by atoms with van der Waals surface area (Å²) < 4.78 is 0. The molecule has 0 aliphatic carbocycles. The van der Waals surface area contributed by atoms with Crippen LogP contribution in [0.3, 0.4) is 0 Å². The van der Waals surface area contributed by atoms with Crippen molar-refractivity contribution >= 4 is 17.3 Å². The third kappa shape index (κ3) is 2.89. The van der Waals surface area contributed by atoms with Gasteiger partial charge in [0, 0.05) is 30.5 Å². The van der Waals surface area contributed by atoms with Crippen LogP contribution in [0.5, 0.6) is 0 Å². The van der Waals surface area contributed by atoms with E-state index in [2.05, 4.69) is 29.2 Å². The van der Waals surface area contributed by atoms with Crippen LogP contribution in [0.25, 0.3) is 0 Å². The fraction of sp³-hybridized carbons (Fsp3) is 0.562. The first-order chi connectivity index (χ1) is 10.0. The van der Waals surface area contributed by atoms with Gasteiger partial charge >= 0.3 is 0 Å². The van der Waals surface area contributed by atoms with Crippen molar-refractivity contribution in [2.24, 2.45) is 5.92 Å². The molecule has 0 bridgehead atoms. The summed E-state index contributed by atoms with van der Waals surface area (Å²) >= 11 is 0. The molecule has 1 aromatic carbocycles. The number of benzene rings is 1. The maximum Gasteiger partial charge on any atom is 0.257 e. The van der Waals surface area contributed by atoms with Crippen molar-refractivity contribution < 1.29 is 9.90 Å². The fourth-order valence-electron chi connectivity index (χ4n) is 3.21. The molecule has 0 spiro atoms. The van der Waals surface area contributed by atoms with Gasteiger partial charge in [-0.05, 0) is 51.0 Å². The van der Waals surface area contributed by atoms with Crippen molar-refractivity contribution in [3.05, 3.63) is 23.8 Å². The third-order valence-electron chi connectivity index (χ3n) is 4.65. The van der Waals surface area contributed by atoms with E-state index in [0.29, 0.717) is 5.56 Å². The molecule has 5 nitrogen and oxygen atoms in total. The molecule has 2 heterocycles. The normalized spacial score (nSPS) is 23.0. The molecule has 1 aromatic rings. The lowest BCUT2D eigenvalue weighted by molar-refractivity contribution is -0.123. The SMILES string of the molecule is CN1CCC(CN(C)c2ccc3c(c2)NC(=O)C3O)CC1. The zero-order chi connectivity index (χ0) is 15.0. The first-order valence-corrected chi connectivity index (χ1v) is 7.57. The first kappa shape index (κ1) is 14.4. The van der Waals surface area contributed by atoms with Gasteiger partial charge < -0.3 is 20.2 Å². The molecule has 1 atom stereocenters. The number of amides is 1. The number of aliphatic hydroxyl groups excluding tert-OH is 1. The fourth-order valence-corrected chi connectivity index (χ4v) is 3.21. The predicted molar refractivity (Wildman–Crippen MR) is 83.5 cm³/mol. The third-order valence-corrected chi connectivity index (χ3v) is 4.65. The van der Waals surface area contributed by atoms with Gasteiger partial charge in [0.1, 0.15) is 0 Å². The molecule has 21 heavy (non-hydrogen) atoms. The highest BCUT2D eigenvalue weighted by Gasteiger charge is 2.28. The minimum Gasteiger partial charge on any atom is -0.378 e. The summed E-state index contributed by atoms with van der Waals surface area (Å²) in [6.07, 6.45) is 1.45. The van der Waals surface area contributed by atoms with Gasteiger partial charge in [0.15, 0.2) is 6.10 Å². The van der Waals surface area contributed by atoms with Gasteiger partial charge in [-0.15, -0.1) is 0 Å². The molecule has 0 aromatic heterocycles. The summed E-state index contributed by atoms with van der Waals surface area (Å²) in [5.74, 6) is 0.389. The largest absolute Gasteiger partial charge is 0.378 e. The van der Waals surface area contributed by atoms with Crippen molar-refractivity contribution in [1.82, 2.24) is 4.90 Å². The average Bonchev–Trinajstić information content (AvgIpc) is 2.76. The van der Waals surface area contributed by atoms with E-state index in [4.69, 9.17) is 0 Å². The molecule has 3 rings (SSSR count). The number of hydrogen-bond donors (Lipinski definition) is 2. The highest BCUT2D eigenvalue weighted by atomic mass is 16.3. The maximum absolute atomic E-state index is 11.5. The number of fused-ring (bicyclic) bond motifs is 1. The van der Waals surface area contributed by atoms with Crippen LogP contribution >= 0.6 is 0 Å². The molecule has 5 heteroatoms. The maximum atomic E-state index is 11.5.